The zero-order valence-electron chi connectivity index (χ0n) is 19.4. The number of nitrogens with one attached hydrogen (secondary N) is 1. The van der Waals surface area contributed by atoms with Crippen LogP contribution < -0.4 is 10.1 Å². The molecule has 33 heavy (non-hydrogen) atoms. The summed E-state index contributed by atoms with van der Waals surface area (Å²) in [6, 6.07) is 14.0. The molecule has 1 aliphatic rings. The van der Waals surface area contributed by atoms with E-state index in [1.54, 1.807) is 24.3 Å². The number of ether oxygens (including phenoxy) is 1. The molecule has 2 atom stereocenters. The van der Waals surface area contributed by atoms with Crippen molar-refractivity contribution in [2.75, 3.05) is 19.7 Å². The number of amides is 2. The topological polar surface area (TPSA) is 84.7 Å². The highest BCUT2D eigenvalue weighted by Crippen LogP contribution is 2.29. The summed E-state index contributed by atoms with van der Waals surface area (Å²) in [4.78, 5) is 32.8. The minimum atomic E-state index is -0.605. The molecule has 2 aromatic carbocycles. The van der Waals surface area contributed by atoms with Gasteiger partial charge in [-0.05, 0) is 62.1 Å². The van der Waals surface area contributed by atoms with Crippen molar-refractivity contribution in [3.63, 3.8) is 0 Å². The molecule has 2 amide bonds. The number of benzene rings is 2. The first kappa shape index (κ1) is 22.8. The summed E-state index contributed by atoms with van der Waals surface area (Å²) in [5.41, 5.74) is 2.09. The quantitative estimate of drug-likeness (QED) is 0.578. The molecule has 4 rings (SSSR count). The molecule has 0 bridgehead atoms. The number of hydrogen-bond acceptors (Lipinski definition) is 5. The summed E-state index contributed by atoms with van der Waals surface area (Å²) in [5, 5.41) is 2.95. The highest BCUT2D eigenvalue weighted by Gasteiger charge is 2.33. The minimum Gasteiger partial charge on any atom is -0.494 e. The van der Waals surface area contributed by atoms with Crippen molar-refractivity contribution in [3.8, 4) is 5.75 Å². The number of aromatic nitrogens is 1. The standard InChI is InChI=1S/C26H31N3O4/c1-4-32-20-13-11-18(12-14-20)24(30)28-23(17(2)3)26(31)29-15-7-8-19(16-29)25-27-21-9-5-6-10-22(21)33-25/h5-6,9-14,17,19,23H,4,7-8,15-16H2,1-3H3,(H,28,30). The van der Waals surface area contributed by atoms with Crippen LogP contribution >= 0.6 is 0 Å². The van der Waals surface area contributed by atoms with Crippen molar-refractivity contribution in [3.05, 3.63) is 60.0 Å². The molecule has 1 saturated heterocycles. The number of hydrogen-bond donors (Lipinski definition) is 1. The molecule has 1 N–H and O–H groups in total. The van der Waals surface area contributed by atoms with Gasteiger partial charge in [0.1, 0.15) is 17.3 Å². The Balaban J connectivity index is 1.44. The Morgan fingerprint density at radius 3 is 2.64 bits per heavy atom. The highest BCUT2D eigenvalue weighted by atomic mass is 16.5. The Morgan fingerprint density at radius 1 is 1.18 bits per heavy atom. The fourth-order valence-electron chi connectivity index (χ4n) is 4.25. The molecule has 0 spiro atoms. The lowest BCUT2D eigenvalue weighted by atomic mass is 9.95. The smallest absolute Gasteiger partial charge is 0.251 e. The van der Waals surface area contributed by atoms with Crippen molar-refractivity contribution in [2.24, 2.45) is 5.92 Å². The third kappa shape index (κ3) is 5.18. The van der Waals surface area contributed by atoms with E-state index in [0.717, 1.165) is 23.9 Å². The number of rotatable bonds is 7. The van der Waals surface area contributed by atoms with E-state index in [0.29, 0.717) is 36.9 Å². The summed E-state index contributed by atoms with van der Waals surface area (Å²) in [6.07, 6.45) is 1.79. The van der Waals surface area contributed by atoms with Crippen molar-refractivity contribution >= 4 is 22.9 Å². The summed E-state index contributed by atoms with van der Waals surface area (Å²) in [6.45, 7) is 7.57. The van der Waals surface area contributed by atoms with Crippen molar-refractivity contribution in [1.82, 2.24) is 15.2 Å². The number of piperidine rings is 1. The maximum Gasteiger partial charge on any atom is 0.251 e. The second-order valence-corrected chi connectivity index (χ2v) is 8.80. The molecule has 7 heteroatoms. The molecule has 1 aromatic heterocycles. The Labute approximate surface area is 194 Å². The van der Waals surface area contributed by atoms with Crippen molar-refractivity contribution in [2.45, 2.75) is 45.6 Å². The van der Waals surface area contributed by atoms with E-state index >= 15 is 0 Å². The van der Waals surface area contributed by atoms with E-state index in [1.165, 1.54) is 0 Å². The molecule has 1 fully saturated rings. The van der Waals surface area contributed by atoms with Crippen LogP contribution in [0, 0.1) is 5.92 Å². The largest absolute Gasteiger partial charge is 0.494 e. The van der Waals surface area contributed by atoms with Gasteiger partial charge >= 0.3 is 0 Å². The molecule has 2 unspecified atom stereocenters. The zero-order chi connectivity index (χ0) is 23.4. The first-order valence-electron chi connectivity index (χ1n) is 11.6. The van der Waals surface area contributed by atoms with Gasteiger partial charge in [-0.3, -0.25) is 9.59 Å². The lowest BCUT2D eigenvalue weighted by molar-refractivity contribution is -0.135. The third-order valence-electron chi connectivity index (χ3n) is 6.04. The average Bonchev–Trinajstić information content (AvgIpc) is 3.27. The van der Waals surface area contributed by atoms with Crippen molar-refractivity contribution in [1.29, 1.82) is 0 Å². The molecule has 174 valence electrons. The fourth-order valence-corrected chi connectivity index (χ4v) is 4.25. The Kier molecular flexibility index (Phi) is 6.96. The van der Waals surface area contributed by atoms with Crippen LogP contribution in [0.25, 0.3) is 11.1 Å². The van der Waals surface area contributed by atoms with Crippen LogP contribution in [0.3, 0.4) is 0 Å². The van der Waals surface area contributed by atoms with Crippen LogP contribution in [0.15, 0.2) is 52.9 Å². The number of likely N-dealkylation sites (tertiary alicyclic amines) is 1. The van der Waals surface area contributed by atoms with Gasteiger partial charge in [0.25, 0.3) is 5.91 Å². The van der Waals surface area contributed by atoms with E-state index in [2.05, 4.69) is 10.3 Å². The predicted octanol–water partition coefficient (Wildman–Crippen LogP) is 4.39. The fraction of sp³-hybridized carbons (Fsp3) is 0.423. The molecule has 3 aromatic rings. The molecule has 7 nitrogen and oxygen atoms in total. The summed E-state index contributed by atoms with van der Waals surface area (Å²) in [5.74, 6) is 1.05. The zero-order valence-corrected chi connectivity index (χ0v) is 19.4. The lowest BCUT2D eigenvalue weighted by Crippen LogP contribution is -2.53. The van der Waals surface area contributed by atoms with Gasteiger partial charge in [0.05, 0.1) is 12.5 Å². The third-order valence-corrected chi connectivity index (χ3v) is 6.04. The first-order valence-corrected chi connectivity index (χ1v) is 11.6. The van der Waals surface area contributed by atoms with Gasteiger partial charge in [-0.2, -0.15) is 0 Å². The monoisotopic (exact) mass is 449 g/mol. The Morgan fingerprint density at radius 2 is 1.94 bits per heavy atom. The van der Waals surface area contributed by atoms with Crippen molar-refractivity contribution < 1.29 is 18.7 Å². The van der Waals surface area contributed by atoms with Gasteiger partial charge in [-0.15, -0.1) is 0 Å². The SMILES string of the molecule is CCOc1ccc(C(=O)NC(C(=O)N2CCCC(c3nc4ccccc4o3)C2)C(C)C)cc1. The van der Waals surface area contributed by atoms with E-state index in [-0.39, 0.29) is 23.7 Å². The van der Waals surface area contributed by atoms with Gasteiger partial charge in [-0.1, -0.05) is 26.0 Å². The summed E-state index contributed by atoms with van der Waals surface area (Å²) < 4.78 is 11.4. The van der Waals surface area contributed by atoms with Crippen LogP contribution in [0.4, 0.5) is 0 Å². The second kappa shape index (κ2) is 10.1. The van der Waals surface area contributed by atoms with Gasteiger partial charge in [0.15, 0.2) is 11.5 Å². The lowest BCUT2D eigenvalue weighted by Gasteiger charge is -2.35. The predicted molar refractivity (Wildman–Crippen MR) is 126 cm³/mol. The van der Waals surface area contributed by atoms with Gasteiger partial charge in [-0.25, -0.2) is 4.98 Å². The number of oxazole rings is 1. The molecule has 2 heterocycles. The molecular weight excluding hydrogens is 418 g/mol. The van der Waals surface area contributed by atoms with Crippen LogP contribution in [-0.2, 0) is 4.79 Å². The first-order chi connectivity index (χ1) is 16.0. The molecule has 0 aliphatic carbocycles. The maximum absolute atomic E-state index is 13.4. The van der Waals surface area contributed by atoms with Crippen LogP contribution in [0.5, 0.6) is 5.75 Å². The Hall–Kier alpha value is -3.35. The number of para-hydroxylation sites is 2. The van der Waals surface area contributed by atoms with Crippen LogP contribution in [0.1, 0.15) is 55.8 Å². The minimum absolute atomic E-state index is 0.0460. The molecule has 1 aliphatic heterocycles. The van der Waals surface area contributed by atoms with Gasteiger partial charge in [0, 0.05) is 18.7 Å². The average molecular weight is 450 g/mol. The van der Waals surface area contributed by atoms with E-state index in [4.69, 9.17) is 9.15 Å². The van der Waals surface area contributed by atoms with E-state index < -0.39 is 6.04 Å². The summed E-state index contributed by atoms with van der Waals surface area (Å²) in [7, 11) is 0. The summed E-state index contributed by atoms with van der Waals surface area (Å²) >= 11 is 0. The van der Waals surface area contributed by atoms with Gasteiger partial charge < -0.3 is 19.4 Å². The van der Waals surface area contributed by atoms with Gasteiger partial charge in [0.2, 0.25) is 5.91 Å². The number of carbonyl (C=O) groups excluding carboxylic acids is 2. The molecule has 0 saturated carbocycles. The number of nitrogens with zero attached hydrogens (tertiary/aromatic N) is 2. The second-order valence-electron chi connectivity index (χ2n) is 8.80. The highest BCUT2D eigenvalue weighted by molar-refractivity contribution is 5.97. The van der Waals surface area contributed by atoms with E-state index in [9.17, 15) is 9.59 Å². The Bertz CT molecular complexity index is 1070. The van der Waals surface area contributed by atoms with Crippen LogP contribution in [-0.4, -0.2) is 47.4 Å². The maximum atomic E-state index is 13.4. The number of carbonyl (C=O) groups is 2. The van der Waals surface area contributed by atoms with E-state index in [1.807, 2.05) is 49.9 Å². The normalized spacial score (nSPS) is 17.2. The molecule has 0 radical (unpaired) electrons. The van der Waals surface area contributed by atoms with Crippen LogP contribution in [0.2, 0.25) is 0 Å². The molecular formula is C26H31N3O4. The number of fused-ring (bicyclic) bond motifs is 1.